The van der Waals surface area contributed by atoms with E-state index >= 15 is 0 Å². The van der Waals surface area contributed by atoms with E-state index in [-0.39, 0.29) is 0 Å². The summed E-state index contributed by atoms with van der Waals surface area (Å²) in [6.07, 6.45) is 2.66. The number of nitrogens with zero attached hydrogens (tertiary/aromatic N) is 1. The molecule has 1 rings (SSSR count). The quantitative estimate of drug-likeness (QED) is 0.734. The number of pyridine rings is 1. The van der Waals surface area contributed by atoms with Crippen LogP contribution in [0.15, 0.2) is 18.3 Å². The van der Waals surface area contributed by atoms with Crippen molar-refractivity contribution in [3.8, 4) is 0 Å². The summed E-state index contributed by atoms with van der Waals surface area (Å²) in [5, 5.41) is 3.32. The highest BCUT2D eigenvalue weighted by molar-refractivity contribution is 5.43. The van der Waals surface area contributed by atoms with Crippen LogP contribution < -0.4 is 11.1 Å². The molecule has 0 fully saturated rings. The zero-order chi connectivity index (χ0) is 9.68. The van der Waals surface area contributed by atoms with Crippen LogP contribution in [-0.2, 0) is 6.42 Å². The van der Waals surface area contributed by atoms with Gasteiger partial charge in [-0.15, -0.1) is 0 Å². The molecule has 13 heavy (non-hydrogen) atoms. The number of hydrogen-bond acceptors (Lipinski definition) is 3. The highest BCUT2D eigenvalue weighted by atomic mass is 14.9. The molecular weight excluding hydrogens is 162 g/mol. The predicted molar refractivity (Wildman–Crippen MR) is 55.8 cm³/mol. The van der Waals surface area contributed by atoms with Gasteiger partial charge < -0.3 is 11.1 Å². The van der Waals surface area contributed by atoms with Crippen LogP contribution >= 0.6 is 0 Å². The first kappa shape index (κ1) is 9.99. The maximum Gasteiger partial charge on any atom is 0.0436 e. The number of aromatic nitrogens is 1. The van der Waals surface area contributed by atoms with E-state index in [0.29, 0.717) is 12.6 Å². The van der Waals surface area contributed by atoms with E-state index in [0.717, 1.165) is 17.8 Å². The van der Waals surface area contributed by atoms with Crippen molar-refractivity contribution in [3.05, 3.63) is 24.0 Å². The van der Waals surface area contributed by atoms with Crippen LogP contribution in [0.5, 0.6) is 0 Å². The lowest BCUT2D eigenvalue weighted by molar-refractivity contribution is 0.889. The largest absolute Gasteiger partial charge is 0.383 e. The summed E-state index contributed by atoms with van der Waals surface area (Å²) < 4.78 is 0. The number of nitrogens with two attached hydrogens (primary N) is 1. The molecule has 0 amide bonds. The summed E-state index contributed by atoms with van der Waals surface area (Å²) in [4.78, 5) is 4.22. The van der Waals surface area contributed by atoms with Crippen LogP contribution in [0.2, 0.25) is 0 Å². The molecule has 1 aromatic heterocycles. The van der Waals surface area contributed by atoms with Gasteiger partial charge in [0.1, 0.15) is 0 Å². The number of anilines is 1. The maximum absolute atomic E-state index is 5.45. The van der Waals surface area contributed by atoms with Crippen LogP contribution in [0.25, 0.3) is 0 Å². The molecule has 0 spiro atoms. The molecule has 0 radical (unpaired) electrons. The third kappa shape index (κ3) is 3.42. The van der Waals surface area contributed by atoms with E-state index in [1.165, 1.54) is 0 Å². The van der Waals surface area contributed by atoms with Gasteiger partial charge in [-0.05, 0) is 32.5 Å². The van der Waals surface area contributed by atoms with Crippen molar-refractivity contribution in [2.45, 2.75) is 26.3 Å². The first-order valence-corrected chi connectivity index (χ1v) is 4.64. The Bertz CT molecular complexity index is 258. The van der Waals surface area contributed by atoms with Crippen LogP contribution in [0.3, 0.4) is 0 Å². The van der Waals surface area contributed by atoms with E-state index in [9.17, 15) is 0 Å². The molecule has 0 unspecified atom stereocenters. The zero-order valence-electron chi connectivity index (χ0n) is 8.25. The molecule has 0 aliphatic carbocycles. The van der Waals surface area contributed by atoms with Crippen molar-refractivity contribution in [3.63, 3.8) is 0 Å². The number of nitrogens with one attached hydrogen (secondary N) is 1. The molecule has 0 aliphatic rings. The van der Waals surface area contributed by atoms with E-state index < -0.39 is 0 Å². The second kappa shape index (κ2) is 4.82. The molecule has 72 valence electrons. The monoisotopic (exact) mass is 179 g/mol. The molecule has 0 aliphatic heterocycles. The molecule has 3 heteroatoms. The molecule has 0 atom stereocenters. The summed E-state index contributed by atoms with van der Waals surface area (Å²) in [7, 11) is 0. The topological polar surface area (TPSA) is 50.9 Å². The van der Waals surface area contributed by atoms with Crippen molar-refractivity contribution in [2.24, 2.45) is 5.73 Å². The Morgan fingerprint density at radius 1 is 1.54 bits per heavy atom. The third-order valence-electron chi connectivity index (χ3n) is 1.67. The second-order valence-electron chi connectivity index (χ2n) is 3.37. The van der Waals surface area contributed by atoms with Gasteiger partial charge in [-0.3, -0.25) is 4.98 Å². The van der Waals surface area contributed by atoms with Gasteiger partial charge in [-0.2, -0.15) is 0 Å². The van der Waals surface area contributed by atoms with Crippen molar-refractivity contribution in [1.29, 1.82) is 0 Å². The normalized spacial score (nSPS) is 10.5. The number of hydrogen-bond donors (Lipinski definition) is 2. The van der Waals surface area contributed by atoms with Crippen molar-refractivity contribution >= 4 is 5.69 Å². The fourth-order valence-corrected chi connectivity index (χ4v) is 1.19. The number of rotatable bonds is 4. The lowest BCUT2D eigenvalue weighted by Gasteiger charge is -2.10. The second-order valence-corrected chi connectivity index (χ2v) is 3.37. The fraction of sp³-hybridized carbons (Fsp3) is 0.500. The molecular formula is C10H17N3. The standard InChI is InChI=1S/C10H17N3/c1-8(2)13-10-4-6-12-9(7-10)3-5-11/h4,6-8H,3,5,11H2,1-2H3,(H,12,13). The Morgan fingerprint density at radius 3 is 2.92 bits per heavy atom. The molecule has 0 saturated carbocycles. The Labute approximate surface area is 79.4 Å². The highest BCUT2D eigenvalue weighted by Gasteiger charge is 1.97. The van der Waals surface area contributed by atoms with Gasteiger partial charge in [0.25, 0.3) is 0 Å². The van der Waals surface area contributed by atoms with E-state index in [2.05, 4.69) is 24.1 Å². The van der Waals surface area contributed by atoms with Gasteiger partial charge in [-0.25, -0.2) is 0 Å². The van der Waals surface area contributed by atoms with Crippen molar-refractivity contribution < 1.29 is 0 Å². The molecule has 1 aromatic rings. The highest BCUT2D eigenvalue weighted by Crippen LogP contribution is 2.09. The first-order valence-electron chi connectivity index (χ1n) is 4.64. The zero-order valence-corrected chi connectivity index (χ0v) is 8.25. The molecule has 0 aromatic carbocycles. The molecule has 1 heterocycles. The van der Waals surface area contributed by atoms with Crippen LogP contribution in [-0.4, -0.2) is 17.6 Å². The van der Waals surface area contributed by atoms with Gasteiger partial charge in [-0.1, -0.05) is 0 Å². The Balaban J connectivity index is 2.67. The van der Waals surface area contributed by atoms with Gasteiger partial charge in [0, 0.05) is 30.0 Å². The van der Waals surface area contributed by atoms with E-state index in [1.54, 1.807) is 0 Å². The fourth-order valence-electron chi connectivity index (χ4n) is 1.19. The van der Waals surface area contributed by atoms with E-state index in [4.69, 9.17) is 5.73 Å². The minimum absolute atomic E-state index is 0.452. The lowest BCUT2D eigenvalue weighted by atomic mass is 10.2. The van der Waals surface area contributed by atoms with E-state index in [1.807, 2.05) is 18.3 Å². The van der Waals surface area contributed by atoms with Crippen molar-refractivity contribution in [1.82, 2.24) is 4.98 Å². The van der Waals surface area contributed by atoms with Crippen LogP contribution in [0.4, 0.5) is 5.69 Å². The Kier molecular flexibility index (Phi) is 3.71. The average molecular weight is 179 g/mol. The summed E-state index contributed by atoms with van der Waals surface area (Å²) in [5.41, 5.74) is 7.62. The van der Waals surface area contributed by atoms with Crippen molar-refractivity contribution in [2.75, 3.05) is 11.9 Å². The smallest absolute Gasteiger partial charge is 0.0436 e. The van der Waals surface area contributed by atoms with Crippen LogP contribution in [0, 0.1) is 0 Å². The Hall–Kier alpha value is -1.09. The summed E-state index contributed by atoms with van der Waals surface area (Å²) in [6.45, 7) is 4.88. The molecule has 0 saturated heterocycles. The average Bonchev–Trinajstić information content (AvgIpc) is 2.04. The summed E-state index contributed by atoms with van der Waals surface area (Å²) in [5.74, 6) is 0. The summed E-state index contributed by atoms with van der Waals surface area (Å²) >= 11 is 0. The summed E-state index contributed by atoms with van der Waals surface area (Å²) in [6, 6.07) is 4.47. The van der Waals surface area contributed by atoms with Gasteiger partial charge in [0.2, 0.25) is 0 Å². The van der Waals surface area contributed by atoms with Gasteiger partial charge in [0.15, 0.2) is 0 Å². The van der Waals surface area contributed by atoms with Gasteiger partial charge >= 0.3 is 0 Å². The predicted octanol–water partition coefficient (Wildman–Crippen LogP) is 1.40. The Morgan fingerprint density at radius 2 is 2.31 bits per heavy atom. The molecule has 3 nitrogen and oxygen atoms in total. The van der Waals surface area contributed by atoms with Crippen LogP contribution in [0.1, 0.15) is 19.5 Å². The minimum Gasteiger partial charge on any atom is -0.383 e. The molecule has 0 bridgehead atoms. The van der Waals surface area contributed by atoms with Gasteiger partial charge in [0.05, 0.1) is 0 Å². The third-order valence-corrected chi connectivity index (χ3v) is 1.67. The maximum atomic E-state index is 5.45. The minimum atomic E-state index is 0.452. The SMILES string of the molecule is CC(C)Nc1ccnc(CCN)c1. The molecule has 3 N–H and O–H groups in total. The first-order chi connectivity index (χ1) is 6.22. The lowest BCUT2D eigenvalue weighted by Crippen LogP contribution is -2.10.